The van der Waals surface area contributed by atoms with E-state index >= 15 is 0 Å². The Balaban J connectivity index is 2.63. The number of benzene rings is 1. The molecule has 2 heterocycles. The summed E-state index contributed by atoms with van der Waals surface area (Å²) in [6.45, 7) is 0. The van der Waals surface area contributed by atoms with Crippen LogP contribution >= 0.6 is 0 Å². The standard InChI is InChI=1S/C7H4O2/c8-4-5-1-2-6-3-7(5)9-6/h1-4H. The highest BCUT2D eigenvalue weighted by atomic mass is 16.5. The molecule has 2 heteroatoms. The Labute approximate surface area is 52.1 Å². The third kappa shape index (κ3) is 0.470. The summed E-state index contributed by atoms with van der Waals surface area (Å²) in [4.78, 5) is 10.2. The normalized spacial score (nSPS) is 11.6. The van der Waals surface area contributed by atoms with Gasteiger partial charge in [-0.2, -0.15) is 0 Å². The molecule has 0 atom stereocenters. The lowest BCUT2D eigenvalue weighted by atomic mass is 10.1. The van der Waals surface area contributed by atoms with Crippen LogP contribution in [0.25, 0.3) is 0 Å². The van der Waals surface area contributed by atoms with E-state index in [1.807, 2.05) is 6.07 Å². The summed E-state index contributed by atoms with van der Waals surface area (Å²) in [7, 11) is 0. The van der Waals surface area contributed by atoms with Gasteiger partial charge in [-0.05, 0) is 12.1 Å². The van der Waals surface area contributed by atoms with E-state index in [0.717, 1.165) is 12.0 Å². The van der Waals surface area contributed by atoms with Gasteiger partial charge in [-0.15, -0.1) is 0 Å². The molecule has 0 spiro atoms. The summed E-state index contributed by atoms with van der Waals surface area (Å²) in [5, 5.41) is 0. The van der Waals surface area contributed by atoms with Gasteiger partial charge in [-0.1, -0.05) is 0 Å². The van der Waals surface area contributed by atoms with Gasteiger partial charge in [-0.3, -0.25) is 4.79 Å². The highest BCUT2D eigenvalue weighted by molar-refractivity contribution is 5.81. The topological polar surface area (TPSA) is 26.3 Å². The molecule has 2 bridgehead atoms. The number of hydrogen-bond donors (Lipinski definition) is 0. The van der Waals surface area contributed by atoms with Gasteiger partial charge in [0.05, 0.1) is 5.56 Å². The van der Waals surface area contributed by atoms with Crippen molar-refractivity contribution in [1.29, 1.82) is 0 Å². The van der Waals surface area contributed by atoms with Crippen LogP contribution in [0.15, 0.2) is 18.2 Å². The van der Waals surface area contributed by atoms with Crippen LogP contribution < -0.4 is 4.74 Å². The van der Waals surface area contributed by atoms with Gasteiger partial charge < -0.3 is 4.74 Å². The molecule has 1 aromatic carbocycles. The summed E-state index contributed by atoms with van der Waals surface area (Å²) in [5.74, 6) is 1.54. The van der Waals surface area contributed by atoms with E-state index < -0.39 is 0 Å². The fourth-order valence-corrected chi connectivity index (χ4v) is 0.833. The molecular formula is C7H4O2. The SMILES string of the molecule is O=Cc1ccc2cc1O2. The third-order valence-corrected chi connectivity index (χ3v) is 1.34. The maximum atomic E-state index is 10.2. The van der Waals surface area contributed by atoms with Gasteiger partial charge in [-0.25, -0.2) is 0 Å². The van der Waals surface area contributed by atoms with Crippen molar-refractivity contribution in [2.75, 3.05) is 0 Å². The third-order valence-electron chi connectivity index (χ3n) is 1.34. The monoisotopic (exact) mass is 120 g/mol. The van der Waals surface area contributed by atoms with Crippen LogP contribution in [0, 0.1) is 0 Å². The first kappa shape index (κ1) is 4.56. The van der Waals surface area contributed by atoms with Gasteiger partial charge >= 0.3 is 0 Å². The molecule has 0 amide bonds. The Kier molecular flexibility index (Phi) is 0.681. The number of carbonyl (C=O) groups excluding carboxylic acids is 1. The number of fused-ring (bicyclic) bond motifs is 2. The van der Waals surface area contributed by atoms with Crippen LogP contribution in [-0.2, 0) is 0 Å². The van der Waals surface area contributed by atoms with Crippen LogP contribution in [0.2, 0.25) is 0 Å². The molecule has 0 saturated carbocycles. The molecule has 0 radical (unpaired) electrons. The van der Waals surface area contributed by atoms with E-state index in [1.165, 1.54) is 0 Å². The van der Waals surface area contributed by atoms with E-state index in [2.05, 4.69) is 0 Å². The van der Waals surface area contributed by atoms with Gasteiger partial charge in [0, 0.05) is 6.07 Å². The number of aldehydes is 1. The quantitative estimate of drug-likeness (QED) is 0.534. The summed E-state index contributed by atoms with van der Waals surface area (Å²) < 4.78 is 5.00. The van der Waals surface area contributed by atoms with Crippen LogP contribution in [0.1, 0.15) is 10.4 Å². The first-order chi connectivity index (χ1) is 4.40. The number of hydrogen-bond acceptors (Lipinski definition) is 2. The molecule has 0 saturated heterocycles. The minimum absolute atomic E-state index is 0.630. The van der Waals surface area contributed by atoms with Crippen molar-refractivity contribution in [3.63, 3.8) is 0 Å². The lowest BCUT2D eigenvalue weighted by molar-refractivity contribution is 0.112. The molecule has 2 nitrogen and oxygen atoms in total. The summed E-state index contributed by atoms with van der Waals surface area (Å²) >= 11 is 0. The second-order valence-corrected chi connectivity index (χ2v) is 1.92. The van der Waals surface area contributed by atoms with Crippen LogP contribution in [-0.4, -0.2) is 6.29 Å². The first-order valence-corrected chi connectivity index (χ1v) is 2.67. The van der Waals surface area contributed by atoms with E-state index in [0.29, 0.717) is 11.3 Å². The number of rotatable bonds is 1. The molecule has 0 fully saturated rings. The van der Waals surface area contributed by atoms with E-state index in [9.17, 15) is 4.79 Å². The Morgan fingerprint density at radius 1 is 1.44 bits per heavy atom. The van der Waals surface area contributed by atoms with Crippen LogP contribution in [0.4, 0.5) is 0 Å². The van der Waals surface area contributed by atoms with E-state index in [1.54, 1.807) is 12.1 Å². The molecule has 0 N–H and O–H groups in total. The van der Waals surface area contributed by atoms with Gasteiger partial charge in [0.25, 0.3) is 0 Å². The maximum Gasteiger partial charge on any atom is 0.153 e. The van der Waals surface area contributed by atoms with Gasteiger partial charge in [0.2, 0.25) is 0 Å². The summed E-state index contributed by atoms with van der Waals surface area (Å²) in [5.41, 5.74) is 0.630. The largest absolute Gasteiger partial charge is 0.456 e. The Morgan fingerprint density at radius 3 is 2.56 bits per heavy atom. The average Bonchev–Trinajstić information content (AvgIpc) is 1.86. The fraction of sp³-hybridized carbons (Fsp3) is 0. The molecule has 0 unspecified atom stereocenters. The maximum absolute atomic E-state index is 10.2. The highest BCUT2D eigenvalue weighted by Crippen LogP contribution is 2.36. The molecule has 0 aromatic heterocycles. The van der Waals surface area contributed by atoms with Crippen molar-refractivity contribution < 1.29 is 9.53 Å². The second-order valence-electron chi connectivity index (χ2n) is 1.92. The van der Waals surface area contributed by atoms with Crippen molar-refractivity contribution >= 4 is 6.29 Å². The predicted octanol–water partition coefficient (Wildman–Crippen LogP) is 1.60. The zero-order valence-corrected chi connectivity index (χ0v) is 4.63. The zero-order chi connectivity index (χ0) is 6.27. The van der Waals surface area contributed by atoms with Crippen molar-refractivity contribution in [3.8, 4) is 11.5 Å². The van der Waals surface area contributed by atoms with Crippen LogP contribution in [0.3, 0.4) is 0 Å². The smallest absolute Gasteiger partial charge is 0.153 e. The molecule has 3 rings (SSSR count). The molecule has 0 aliphatic carbocycles. The Bertz CT molecular complexity index is 262. The number of carbonyl (C=O) groups is 1. The van der Waals surface area contributed by atoms with Crippen molar-refractivity contribution in [3.05, 3.63) is 23.8 Å². The fourth-order valence-electron chi connectivity index (χ4n) is 0.833. The Morgan fingerprint density at radius 2 is 2.22 bits per heavy atom. The summed E-state index contributed by atoms with van der Waals surface area (Å²) in [6, 6.07) is 5.36. The lowest BCUT2D eigenvalue weighted by Crippen LogP contribution is -1.98. The first-order valence-electron chi connectivity index (χ1n) is 2.67. The lowest BCUT2D eigenvalue weighted by Gasteiger charge is -2.16. The van der Waals surface area contributed by atoms with E-state index in [-0.39, 0.29) is 0 Å². The molecular weight excluding hydrogens is 116 g/mol. The minimum atomic E-state index is 0.630. The predicted molar refractivity (Wildman–Crippen MR) is 31.9 cm³/mol. The van der Waals surface area contributed by atoms with Gasteiger partial charge in [0.15, 0.2) is 6.29 Å². The molecule has 2 aliphatic rings. The zero-order valence-electron chi connectivity index (χ0n) is 4.63. The Hall–Kier alpha value is -1.31. The second kappa shape index (κ2) is 1.35. The van der Waals surface area contributed by atoms with Crippen molar-refractivity contribution in [2.24, 2.45) is 0 Å². The summed E-state index contributed by atoms with van der Waals surface area (Å²) in [6.07, 6.45) is 0.790. The average molecular weight is 120 g/mol. The highest BCUT2D eigenvalue weighted by Gasteiger charge is 2.13. The minimum Gasteiger partial charge on any atom is -0.456 e. The molecule has 1 aromatic rings. The van der Waals surface area contributed by atoms with Gasteiger partial charge in [0.1, 0.15) is 11.5 Å². The number of ether oxygens (including phenoxy) is 1. The van der Waals surface area contributed by atoms with Crippen molar-refractivity contribution in [1.82, 2.24) is 0 Å². The molecule has 2 aliphatic heterocycles. The molecule has 9 heavy (non-hydrogen) atoms. The molecule has 44 valence electrons. The van der Waals surface area contributed by atoms with Crippen LogP contribution in [0.5, 0.6) is 11.5 Å². The van der Waals surface area contributed by atoms with Crippen molar-refractivity contribution in [2.45, 2.75) is 0 Å². The van der Waals surface area contributed by atoms with E-state index in [4.69, 9.17) is 4.74 Å².